The molecule has 1 spiro atoms. The minimum absolute atomic E-state index is 0.0565. The van der Waals surface area contributed by atoms with Crippen molar-refractivity contribution < 1.29 is 14.3 Å². The second kappa shape index (κ2) is 6.92. The third kappa shape index (κ3) is 3.31. The maximum Gasteiger partial charge on any atom is 0.274 e. The van der Waals surface area contributed by atoms with Gasteiger partial charge in [0, 0.05) is 25.0 Å². The number of aromatic nitrogens is 2. The third-order valence-electron chi connectivity index (χ3n) is 5.65. The molecule has 8 nitrogen and oxygen atoms in total. The van der Waals surface area contributed by atoms with Crippen LogP contribution in [0.25, 0.3) is 0 Å². The first-order valence-corrected chi connectivity index (χ1v) is 9.26. The average molecular weight is 359 g/mol. The van der Waals surface area contributed by atoms with Crippen LogP contribution in [0.4, 0.5) is 0 Å². The summed E-state index contributed by atoms with van der Waals surface area (Å²) in [5, 5.41) is 3.15. The zero-order valence-corrected chi connectivity index (χ0v) is 15.1. The van der Waals surface area contributed by atoms with Gasteiger partial charge in [0.2, 0.25) is 5.91 Å². The van der Waals surface area contributed by atoms with E-state index in [4.69, 9.17) is 4.74 Å². The van der Waals surface area contributed by atoms with Gasteiger partial charge < -0.3 is 15.0 Å². The van der Waals surface area contributed by atoms with Gasteiger partial charge in [-0.2, -0.15) is 0 Å². The van der Waals surface area contributed by atoms with Crippen molar-refractivity contribution in [2.45, 2.75) is 43.4 Å². The Morgan fingerprint density at radius 3 is 2.65 bits per heavy atom. The van der Waals surface area contributed by atoms with Crippen molar-refractivity contribution in [3.05, 3.63) is 24.3 Å². The summed E-state index contributed by atoms with van der Waals surface area (Å²) in [6, 6.07) is 0.0570. The van der Waals surface area contributed by atoms with Gasteiger partial charge >= 0.3 is 0 Å². The number of nitrogens with one attached hydrogen (secondary N) is 1. The predicted molar refractivity (Wildman–Crippen MR) is 93.4 cm³/mol. The number of rotatable bonds is 3. The summed E-state index contributed by atoms with van der Waals surface area (Å²) < 4.78 is 6.05. The van der Waals surface area contributed by atoms with Gasteiger partial charge in [-0.1, -0.05) is 12.8 Å². The third-order valence-corrected chi connectivity index (χ3v) is 5.65. The molecular formula is C18H25N5O3. The number of likely N-dealkylation sites (N-methyl/N-ethyl adjacent to an activating group) is 1. The van der Waals surface area contributed by atoms with E-state index in [-0.39, 0.29) is 23.5 Å². The lowest BCUT2D eigenvalue weighted by Crippen LogP contribution is -2.73. The number of amides is 2. The smallest absolute Gasteiger partial charge is 0.274 e. The Morgan fingerprint density at radius 2 is 2.00 bits per heavy atom. The highest BCUT2D eigenvalue weighted by Crippen LogP contribution is 2.31. The molecule has 1 saturated carbocycles. The maximum atomic E-state index is 12.5. The second-order valence-corrected chi connectivity index (χ2v) is 7.67. The first-order chi connectivity index (χ1) is 12.6. The number of nitrogens with zero attached hydrogens (tertiary/aromatic N) is 4. The van der Waals surface area contributed by atoms with Gasteiger partial charge in [-0.25, -0.2) is 4.98 Å². The van der Waals surface area contributed by atoms with Gasteiger partial charge in [0.1, 0.15) is 17.3 Å². The van der Waals surface area contributed by atoms with Crippen molar-refractivity contribution >= 4 is 11.8 Å². The van der Waals surface area contributed by atoms with E-state index in [0.717, 1.165) is 12.8 Å². The van der Waals surface area contributed by atoms with Crippen LogP contribution in [-0.4, -0.2) is 82.6 Å². The van der Waals surface area contributed by atoms with Crippen LogP contribution >= 0.6 is 0 Å². The van der Waals surface area contributed by atoms with Crippen LogP contribution in [0.5, 0.6) is 0 Å². The normalized spacial score (nSPS) is 25.9. The quantitative estimate of drug-likeness (QED) is 0.821. The number of morpholine rings is 1. The minimum atomic E-state index is -0.378. The maximum absolute atomic E-state index is 12.5. The van der Waals surface area contributed by atoms with E-state index in [1.54, 1.807) is 11.1 Å². The molecule has 2 saturated heterocycles. The van der Waals surface area contributed by atoms with E-state index >= 15 is 0 Å². The van der Waals surface area contributed by atoms with E-state index in [9.17, 15) is 9.59 Å². The molecule has 0 aromatic carbocycles. The molecule has 4 rings (SSSR count). The van der Waals surface area contributed by atoms with Gasteiger partial charge in [-0.15, -0.1) is 0 Å². The van der Waals surface area contributed by atoms with Crippen molar-refractivity contribution in [3.63, 3.8) is 0 Å². The molecule has 0 bridgehead atoms. The highest BCUT2D eigenvalue weighted by atomic mass is 16.5. The number of carbonyl (C=O) groups is 2. The Labute approximate surface area is 152 Å². The molecule has 26 heavy (non-hydrogen) atoms. The van der Waals surface area contributed by atoms with E-state index in [0.29, 0.717) is 38.0 Å². The molecule has 1 N–H and O–H groups in total. The number of hydrogen-bond donors (Lipinski definition) is 1. The zero-order chi connectivity index (χ0) is 18.1. The lowest BCUT2D eigenvalue weighted by atomic mass is 9.90. The molecule has 1 aromatic rings. The Hall–Kier alpha value is -2.06. The first-order valence-electron chi connectivity index (χ1n) is 9.26. The fraction of sp³-hybridized carbons (Fsp3) is 0.667. The Kier molecular flexibility index (Phi) is 4.62. The number of carbonyl (C=O) groups excluding carboxylic acids is 2. The molecule has 3 aliphatic rings. The van der Waals surface area contributed by atoms with Crippen LogP contribution in [0.1, 0.15) is 36.2 Å². The van der Waals surface area contributed by atoms with Gasteiger partial charge in [0.25, 0.3) is 5.91 Å². The van der Waals surface area contributed by atoms with Crippen LogP contribution in [0, 0.1) is 0 Å². The van der Waals surface area contributed by atoms with Gasteiger partial charge in [-0.05, 0) is 19.9 Å². The minimum Gasteiger partial charge on any atom is -0.368 e. The molecule has 2 amide bonds. The lowest BCUT2D eigenvalue weighted by Gasteiger charge is -2.54. The van der Waals surface area contributed by atoms with Gasteiger partial charge in [-0.3, -0.25) is 19.5 Å². The molecule has 1 aliphatic carbocycles. The fourth-order valence-electron chi connectivity index (χ4n) is 4.19. The molecule has 3 heterocycles. The topological polar surface area (TPSA) is 87.7 Å². The van der Waals surface area contributed by atoms with Gasteiger partial charge in [0.05, 0.1) is 25.9 Å². The SMILES string of the molecule is CN1CC2(CN(C(=O)c3cnccn3)C2)OC[C@@H]1C(=O)NC1CCCC1. The van der Waals surface area contributed by atoms with Crippen LogP contribution in [-0.2, 0) is 9.53 Å². The molecule has 1 aromatic heterocycles. The molecule has 3 fully saturated rings. The molecule has 8 heteroatoms. The number of likely N-dealkylation sites (tertiary alicyclic amines) is 1. The summed E-state index contributed by atoms with van der Waals surface area (Å²) >= 11 is 0. The summed E-state index contributed by atoms with van der Waals surface area (Å²) in [6.45, 7) is 2.04. The van der Waals surface area contributed by atoms with Crippen LogP contribution in [0.2, 0.25) is 0 Å². The van der Waals surface area contributed by atoms with Crippen molar-refractivity contribution in [1.29, 1.82) is 0 Å². The van der Waals surface area contributed by atoms with E-state index in [1.165, 1.54) is 25.2 Å². The Balaban J connectivity index is 1.30. The molecule has 140 valence electrons. The standard InChI is InChI=1S/C18H25N5O3/c1-22-10-18(11-23(12-18)17(25)14-8-19-6-7-20-14)26-9-15(22)16(24)21-13-4-2-3-5-13/h6-8,13,15H,2-5,9-12H2,1H3,(H,21,24)/t15-/m1/s1. The fourth-order valence-corrected chi connectivity index (χ4v) is 4.19. The molecule has 0 unspecified atom stereocenters. The Morgan fingerprint density at radius 1 is 1.23 bits per heavy atom. The van der Waals surface area contributed by atoms with Crippen molar-refractivity contribution in [1.82, 2.24) is 25.1 Å². The van der Waals surface area contributed by atoms with Crippen molar-refractivity contribution in [2.75, 3.05) is 33.3 Å². The summed E-state index contributed by atoms with van der Waals surface area (Å²) in [5.74, 6) is -0.0721. The molecule has 1 atom stereocenters. The summed E-state index contributed by atoms with van der Waals surface area (Å²) in [6.07, 6.45) is 9.08. The Bertz CT molecular complexity index is 671. The predicted octanol–water partition coefficient (Wildman–Crippen LogP) is 0.0606. The monoisotopic (exact) mass is 359 g/mol. The van der Waals surface area contributed by atoms with Crippen LogP contribution in [0.3, 0.4) is 0 Å². The largest absolute Gasteiger partial charge is 0.368 e. The number of hydrogen-bond acceptors (Lipinski definition) is 6. The van der Waals surface area contributed by atoms with E-state index in [2.05, 4.69) is 20.2 Å². The van der Waals surface area contributed by atoms with E-state index in [1.807, 2.05) is 7.05 Å². The summed E-state index contributed by atoms with van der Waals surface area (Å²) in [7, 11) is 1.95. The first kappa shape index (κ1) is 17.4. The van der Waals surface area contributed by atoms with Crippen molar-refractivity contribution in [3.8, 4) is 0 Å². The van der Waals surface area contributed by atoms with Crippen molar-refractivity contribution in [2.24, 2.45) is 0 Å². The van der Waals surface area contributed by atoms with Crippen LogP contribution < -0.4 is 5.32 Å². The molecule has 0 radical (unpaired) electrons. The molecular weight excluding hydrogens is 334 g/mol. The second-order valence-electron chi connectivity index (χ2n) is 7.67. The highest BCUT2D eigenvalue weighted by molar-refractivity contribution is 5.92. The number of ether oxygens (including phenoxy) is 1. The zero-order valence-electron chi connectivity index (χ0n) is 15.1. The van der Waals surface area contributed by atoms with Crippen LogP contribution in [0.15, 0.2) is 18.6 Å². The molecule has 2 aliphatic heterocycles. The lowest BCUT2D eigenvalue weighted by molar-refractivity contribution is -0.187. The van der Waals surface area contributed by atoms with Gasteiger partial charge in [0.15, 0.2) is 0 Å². The summed E-state index contributed by atoms with van der Waals surface area (Å²) in [5.41, 5.74) is -0.0307. The average Bonchev–Trinajstić information content (AvgIpc) is 3.12. The highest BCUT2D eigenvalue weighted by Gasteiger charge is 2.51. The summed E-state index contributed by atoms with van der Waals surface area (Å²) in [4.78, 5) is 36.7. The van der Waals surface area contributed by atoms with E-state index < -0.39 is 0 Å².